The Morgan fingerprint density at radius 1 is 1.45 bits per heavy atom. The number of hydrogen-bond donors (Lipinski definition) is 2. The molecule has 4 nitrogen and oxygen atoms in total. The normalized spacial score (nSPS) is 10.7. The second kappa shape index (κ2) is 6.21. The third kappa shape index (κ3) is 3.59. The number of pyridine rings is 1. The van der Waals surface area contributed by atoms with Crippen LogP contribution in [0.1, 0.15) is 11.1 Å². The number of anilines is 2. The van der Waals surface area contributed by atoms with Gasteiger partial charge in [-0.1, -0.05) is 17.7 Å². The lowest BCUT2D eigenvalue weighted by molar-refractivity contribution is -0.111. The first-order chi connectivity index (χ1) is 9.56. The molecule has 2 rings (SSSR count). The van der Waals surface area contributed by atoms with Gasteiger partial charge in [0, 0.05) is 23.5 Å². The fourth-order valence-electron chi connectivity index (χ4n) is 1.63. The first-order valence-corrected chi connectivity index (χ1v) is 6.39. The number of nitrogens with zero attached hydrogens (tertiary/aromatic N) is 1. The first-order valence-electron chi connectivity index (χ1n) is 6.01. The highest BCUT2D eigenvalue weighted by atomic mass is 35.5. The average Bonchev–Trinajstić information content (AvgIpc) is 2.44. The van der Waals surface area contributed by atoms with Gasteiger partial charge in [-0.2, -0.15) is 0 Å². The van der Waals surface area contributed by atoms with E-state index in [9.17, 15) is 4.79 Å². The Kier molecular flexibility index (Phi) is 4.38. The summed E-state index contributed by atoms with van der Waals surface area (Å²) in [5.74, 6) is -0.277. The van der Waals surface area contributed by atoms with Crippen molar-refractivity contribution in [2.24, 2.45) is 0 Å². The number of benzene rings is 1. The van der Waals surface area contributed by atoms with E-state index in [2.05, 4.69) is 10.3 Å². The van der Waals surface area contributed by atoms with Crippen molar-refractivity contribution in [1.82, 2.24) is 4.98 Å². The van der Waals surface area contributed by atoms with Crippen molar-refractivity contribution in [2.75, 3.05) is 11.1 Å². The molecular formula is C15H14ClN3O. The lowest BCUT2D eigenvalue weighted by atomic mass is 10.2. The molecule has 0 aliphatic rings. The lowest BCUT2D eigenvalue weighted by Crippen LogP contribution is -2.09. The Hall–Kier alpha value is -2.33. The first kappa shape index (κ1) is 14.1. The molecule has 0 spiro atoms. The molecule has 102 valence electrons. The van der Waals surface area contributed by atoms with Crippen molar-refractivity contribution in [3.63, 3.8) is 0 Å². The second-order valence-corrected chi connectivity index (χ2v) is 4.70. The number of carbonyl (C=O) groups is 1. The number of aromatic nitrogens is 1. The SMILES string of the molecule is Cc1cc(N)c(NC(=O)/C=C/c2cccnc2)cc1Cl. The Bertz CT molecular complexity index is 654. The molecule has 0 saturated heterocycles. The molecule has 1 amide bonds. The number of carbonyl (C=O) groups excluding carboxylic acids is 1. The molecule has 0 bridgehead atoms. The van der Waals surface area contributed by atoms with Crippen LogP contribution in [-0.2, 0) is 4.79 Å². The molecule has 1 aromatic heterocycles. The van der Waals surface area contributed by atoms with Gasteiger partial charge in [0.1, 0.15) is 0 Å². The molecule has 1 aromatic carbocycles. The average molecular weight is 288 g/mol. The summed E-state index contributed by atoms with van der Waals surface area (Å²) in [5, 5.41) is 3.25. The van der Waals surface area contributed by atoms with E-state index in [1.165, 1.54) is 6.08 Å². The van der Waals surface area contributed by atoms with Gasteiger partial charge in [-0.3, -0.25) is 9.78 Å². The highest BCUT2D eigenvalue weighted by Gasteiger charge is 2.05. The lowest BCUT2D eigenvalue weighted by Gasteiger charge is -2.08. The molecule has 1 heterocycles. The van der Waals surface area contributed by atoms with Crippen molar-refractivity contribution in [2.45, 2.75) is 6.92 Å². The Balaban J connectivity index is 2.09. The Labute approximate surface area is 122 Å². The number of halogens is 1. The van der Waals surface area contributed by atoms with Crippen LogP contribution in [0.15, 0.2) is 42.7 Å². The maximum absolute atomic E-state index is 11.8. The van der Waals surface area contributed by atoms with Crippen LogP contribution < -0.4 is 11.1 Å². The third-order valence-electron chi connectivity index (χ3n) is 2.70. The predicted octanol–water partition coefficient (Wildman–Crippen LogP) is 3.28. The zero-order chi connectivity index (χ0) is 14.5. The number of hydrogen-bond acceptors (Lipinski definition) is 3. The van der Waals surface area contributed by atoms with E-state index in [0.29, 0.717) is 16.4 Å². The highest BCUT2D eigenvalue weighted by Crippen LogP contribution is 2.26. The summed E-state index contributed by atoms with van der Waals surface area (Å²) in [5.41, 5.74) is 8.53. The van der Waals surface area contributed by atoms with E-state index < -0.39 is 0 Å². The highest BCUT2D eigenvalue weighted by molar-refractivity contribution is 6.32. The van der Waals surface area contributed by atoms with Crippen LogP contribution >= 0.6 is 11.6 Å². The third-order valence-corrected chi connectivity index (χ3v) is 3.11. The van der Waals surface area contributed by atoms with E-state index in [1.807, 2.05) is 13.0 Å². The molecule has 20 heavy (non-hydrogen) atoms. The fourth-order valence-corrected chi connectivity index (χ4v) is 1.80. The van der Waals surface area contributed by atoms with Crippen LogP contribution in [0.2, 0.25) is 5.02 Å². The van der Waals surface area contributed by atoms with Gasteiger partial charge in [-0.15, -0.1) is 0 Å². The van der Waals surface area contributed by atoms with Crippen LogP contribution in [0, 0.1) is 6.92 Å². The van der Waals surface area contributed by atoms with Crippen LogP contribution in [0.25, 0.3) is 6.08 Å². The summed E-state index contributed by atoms with van der Waals surface area (Å²) >= 11 is 6.01. The minimum atomic E-state index is -0.277. The Morgan fingerprint density at radius 3 is 2.95 bits per heavy atom. The van der Waals surface area contributed by atoms with Gasteiger partial charge in [0.2, 0.25) is 5.91 Å². The standard InChI is InChI=1S/C15H14ClN3O/c1-10-7-13(17)14(8-12(10)16)19-15(20)5-4-11-3-2-6-18-9-11/h2-9H,17H2,1H3,(H,19,20)/b5-4+. The molecule has 3 N–H and O–H groups in total. The molecule has 0 fully saturated rings. The van der Waals surface area contributed by atoms with E-state index in [-0.39, 0.29) is 5.91 Å². The zero-order valence-electron chi connectivity index (χ0n) is 10.9. The van der Waals surface area contributed by atoms with E-state index in [1.54, 1.807) is 36.7 Å². The monoisotopic (exact) mass is 287 g/mol. The maximum atomic E-state index is 11.8. The summed E-state index contributed by atoms with van der Waals surface area (Å²) < 4.78 is 0. The van der Waals surface area contributed by atoms with Gasteiger partial charge in [-0.25, -0.2) is 0 Å². The second-order valence-electron chi connectivity index (χ2n) is 4.30. The summed E-state index contributed by atoms with van der Waals surface area (Å²) in [6.07, 6.45) is 6.44. The van der Waals surface area contributed by atoms with Crippen molar-refractivity contribution in [3.8, 4) is 0 Å². The molecule has 0 unspecified atom stereocenters. The number of nitrogen functional groups attached to an aromatic ring is 1. The molecule has 0 aliphatic heterocycles. The zero-order valence-corrected chi connectivity index (χ0v) is 11.7. The number of aryl methyl sites for hydroxylation is 1. The van der Waals surface area contributed by atoms with Gasteiger partial charge < -0.3 is 11.1 Å². The molecule has 0 aliphatic carbocycles. The number of rotatable bonds is 3. The van der Waals surface area contributed by atoms with Gasteiger partial charge in [0.25, 0.3) is 0 Å². The number of nitrogens with two attached hydrogens (primary N) is 1. The van der Waals surface area contributed by atoms with E-state index in [4.69, 9.17) is 17.3 Å². The Morgan fingerprint density at radius 2 is 2.25 bits per heavy atom. The molecule has 0 radical (unpaired) electrons. The summed E-state index contributed by atoms with van der Waals surface area (Å²) in [4.78, 5) is 15.8. The minimum Gasteiger partial charge on any atom is -0.397 e. The quantitative estimate of drug-likeness (QED) is 0.672. The van der Waals surface area contributed by atoms with Gasteiger partial charge >= 0.3 is 0 Å². The summed E-state index contributed by atoms with van der Waals surface area (Å²) in [7, 11) is 0. The summed E-state index contributed by atoms with van der Waals surface area (Å²) in [6, 6.07) is 7.02. The smallest absolute Gasteiger partial charge is 0.248 e. The van der Waals surface area contributed by atoms with Crippen molar-refractivity contribution < 1.29 is 4.79 Å². The van der Waals surface area contributed by atoms with Crippen molar-refractivity contribution in [1.29, 1.82) is 0 Å². The van der Waals surface area contributed by atoms with Crippen LogP contribution in [-0.4, -0.2) is 10.9 Å². The van der Waals surface area contributed by atoms with Crippen LogP contribution in [0.3, 0.4) is 0 Å². The topological polar surface area (TPSA) is 68.0 Å². The maximum Gasteiger partial charge on any atom is 0.248 e. The number of amides is 1. The van der Waals surface area contributed by atoms with Gasteiger partial charge in [-0.05, 0) is 42.3 Å². The molecular weight excluding hydrogens is 274 g/mol. The molecule has 2 aromatic rings. The number of nitrogens with one attached hydrogen (secondary N) is 1. The molecule has 0 atom stereocenters. The molecule has 5 heteroatoms. The minimum absolute atomic E-state index is 0.277. The largest absolute Gasteiger partial charge is 0.397 e. The predicted molar refractivity (Wildman–Crippen MR) is 82.5 cm³/mol. The van der Waals surface area contributed by atoms with Crippen LogP contribution in [0.5, 0.6) is 0 Å². The summed E-state index contributed by atoms with van der Waals surface area (Å²) in [6.45, 7) is 1.85. The van der Waals surface area contributed by atoms with E-state index in [0.717, 1.165) is 11.1 Å². The van der Waals surface area contributed by atoms with Gasteiger partial charge in [0.15, 0.2) is 0 Å². The van der Waals surface area contributed by atoms with Crippen molar-refractivity contribution >= 4 is 35.0 Å². The molecule has 0 saturated carbocycles. The van der Waals surface area contributed by atoms with Crippen molar-refractivity contribution in [3.05, 3.63) is 58.9 Å². The van der Waals surface area contributed by atoms with E-state index >= 15 is 0 Å². The van der Waals surface area contributed by atoms with Crippen LogP contribution in [0.4, 0.5) is 11.4 Å². The van der Waals surface area contributed by atoms with Gasteiger partial charge in [0.05, 0.1) is 11.4 Å². The fraction of sp³-hybridized carbons (Fsp3) is 0.0667.